The van der Waals surface area contributed by atoms with Gasteiger partial charge in [-0.2, -0.15) is 0 Å². The smallest absolute Gasteiger partial charge is 0.331 e. The molecule has 15 heavy (non-hydrogen) atoms. The summed E-state index contributed by atoms with van der Waals surface area (Å²) in [5, 5.41) is 8.78. The van der Waals surface area contributed by atoms with Gasteiger partial charge in [0.05, 0.1) is 0 Å². The molecule has 0 unspecified atom stereocenters. The molecular formula is C8H16N4O3. The SMILES string of the molecule is CC(=O)[C@](N)(CCCN=C(N)N)C(=O)O. The lowest BCUT2D eigenvalue weighted by molar-refractivity contribution is -0.148. The molecule has 0 fully saturated rings. The molecule has 0 bridgehead atoms. The van der Waals surface area contributed by atoms with E-state index in [2.05, 4.69) is 4.99 Å². The summed E-state index contributed by atoms with van der Waals surface area (Å²) in [6.45, 7) is 1.40. The summed E-state index contributed by atoms with van der Waals surface area (Å²) in [5.41, 5.74) is 13.8. The summed E-state index contributed by atoms with van der Waals surface area (Å²) < 4.78 is 0. The summed E-state index contributed by atoms with van der Waals surface area (Å²) in [6, 6.07) is 0. The van der Waals surface area contributed by atoms with Crippen LogP contribution in [0.3, 0.4) is 0 Å². The van der Waals surface area contributed by atoms with E-state index in [0.29, 0.717) is 6.42 Å². The van der Waals surface area contributed by atoms with Crippen molar-refractivity contribution in [2.75, 3.05) is 6.54 Å². The Morgan fingerprint density at radius 3 is 2.27 bits per heavy atom. The van der Waals surface area contributed by atoms with Crippen LogP contribution in [0.25, 0.3) is 0 Å². The Morgan fingerprint density at radius 1 is 1.40 bits per heavy atom. The molecule has 0 saturated carbocycles. The lowest BCUT2D eigenvalue weighted by Gasteiger charge is -2.20. The maximum Gasteiger partial charge on any atom is 0.331 e. The molecule has 0 aliphatic heterocycles. The summed E-state index contributed by atoms with van der Waals surface area (Å²) in [7, 11) is 0. The van der Waals surface area contributed by atoms with Gasteiger partial charge in [-0.05, 0) is 19.8 Å². The van der Waals surface area contributed by atoms with Gasteiger partial charge in [0.2, 0.25) is 0 Å². The third-order valence-electron chi connectivity index (χ3n) is 2.03. The van der Waals surface area contributed by atoms with Gasteiger partial charge in [0, 0.05) is 6.54 Å². The van der Waals surface area contributed by atoms with E-state index in [0.717, 1.165) is 6.92 Å². The van der Waals surface area contributed by atoms with Gasteiger partial charge in [-0.25, -0.2) is 4.79 Å². The molecule has 0 aromatic carbocycles. The van der Waals surface area contributed by atoms with Crippen LogP contribution >= 0.6 is 0 Å². The zero-order valence-electron chi connectivity index (χ0n) is 8.56. The molecule has 7 nitrogen and oxygen atoms in total. The second-order valence-electron chi connectivity index (χ2n) is 3.24. The van der Waals surface area contributed by atoms with Crippen molar-refractivity contribution in [2.24, 2.45) is 22.2 Å². The zero-order chi connectivity index (χ0) is 12.1. The third-order valence-corrected chi connectivity index (χ3v) is 2.03. The van der Waals surface area contributed by atoms with Crippen LogP contribution in [0.5, 0.6) is 0 Å². The summed E-state index contributed by atoms with van der Waals surface area (Å²) in [6.07, 6.45) is 0.342. The number of aliphatic carboxylic acids is 1. The van der Waals surface area contributed by atoms with Crippen molar-refractivity contribution >= 4 is 17.7 Å². The van der Waals surface area contributed by atoms with E-state index in [9.17, 15) is 9.59 Å². The molecular weight excluding hydrogens is 200 g/mol. The quantitative estimate of drug-likeness (QED) is 0.182. The normalized spacial score (nSPS) is 14.0. The van der Waals surface area contributed by atoms with E-state index in [-0.39, 0.29) is 18.9 Å². The van der Waals surface area contributed by atoms with E-state index in [1.165, 1.54) is 0 Å². The first-order chi connectivity index (χ1) is 6.80. The first-order valence-corrected chi connectivity index (χ1v) is 4.39. The summed E-state index contributed by atoms with van der Waals surface area (Å²) >= 11 is 0. The van der Waals surface area contributed by atoms with Crippen LogP contribution in [0, 0.1) is 0 Å². The number of nitrogens with two attached hydrogens (primary N) is 3. The number of nitrogens with zero attached hydrogens (tertiary/aromatic N) is 1. The Balaban J connectivity index is 4.28. The second kappa shape index (κ2) is 5.30. The number of guanidine groups is 1. The number of carboxylic acid groups (broad SMARTS) is 1. The van der Waals surface area contributed by atoms with Gasteiger partial charge in [-0.1, -0.05) is 0 Å². The molecule has 0 saturated heterocycles. The third kappa shape index (κ3) is 3.94. The lowest BCUT2D eigenvalue weighted by Crippen LogP contribution is -2.54. The number of hydrogen-bond donors (Lipinski definition) is 4. The molecule has 0 aliphatic rings. The monoisotopic (exact) mass is 216 g/mol. The summed E-state index contributed by atoms with van der Waals surface area (Å²) in [4.78, 5) is 25.5. The average molecular weight is 216 g/mol. The first kappa shape index (κ1) is 13.4. The van der Waals surface area contributed by atoms with Gasteiger partial charge in [-0.3, -0.25) is 9.79 Å². The van der Waals surface area contributed by atoms with Crippen molar-refractivity contribution in [3.05, 3.63) is 0 Å². The second-order valence-corrected chi connectivity index (χ2v) is 3.24. The standard InChI is InChI=1S/C8H16N4O3/c1-5(13)8(11,6(14)15)3-2-4-12-7(9)10/h2-4,11H2,1H3,(H,14,15)(H4,9,10,12)/t8-/m1/s1. The van der Waals surface area contributed by atoms with E-state index in [1.807, 2.05) is 0 Å². The number of Topliss-reactive ketones (excluding diaryl/α,β-unsaturated/α-hetero) is 1. The molecule has 0 amide bonds. The molecule has 0 radical (unpaired) electrons. The highest BCUT2D eigenvalue weighted by molar-refractivity contribution is 6.06. The Kier molecular flexibility index (Phi) is 4.72. The highest BCUT2D eigenvalue weighted by atomic mass is 16.4. The Bertz CT molecular complexity index is 270. The highest BCUT2D eigenvalue weighted by Crippen LogP contribution is 2.11. The van der Waals surface area contributed by atoms with Crippen LogP contribution in [0.15, 0.2) is 4.99 Å². The number of carboxylic acids is 1. The first-order valence-electron chi connectivity index (χ1n) is 4.39. The molecule has 7 N–H and O–H groups in total. The zero-order valence-corrected chi connectivity index (χ0v) is 8.56. The number of carbonyl (C=O) groups excluding carboxylic acids is 1. The Labute approximate surface area is 87.3 Å². The minimum Gasteiger partial charge on any atom is -0.480 e. The van der Waals surface area contributed by atoms with E-state index in [1.54, 1.807) is 0 Å². The van der Waals surface area contributed by atoms with Crippen LogP contribution < -0.4 is 17.2 Å². The molecule has 0 aliphatic carbocycles. The molecule has 0 rings (SSSR count). The predicted molar refractivity (Wildman–Crippen MR) is 55.1 cm³/mol. The highest BCUT2D eigenvalue weighted by Gasteiger charge is 2.38. The van der Waals surface area contributed by atoms with Gasteiger partial charge < -0.3 is 22.3 Å². The fraction of sp³-hybridized carbons (Fsp3) is 0.625. The van der Waals surface area contributed by atoms with Crippen molar-refractivity contribution in [1.29, 1.82) is 0 Å². The van der Waals surface area contributed by atoms with Crippen molar-refractivity contribution in [1.82, 2.24) is 0 Å². The number of aliphatic imine (C=N–C) groups is 1. The molecule has 86 valence electrons. The maximum atomic E-state index is 11.0. The van der Waals surface area contributed by atoms with Gasteiger partial charge >= 0.3 is 5.97 Å². The predicted octanol–water partition coefficient (Wildman–Crippen LogP) is -1.59. The molecule has 0 heterocycles. The van der Waals surface area contributed by atoms with Crippen LogP contribution in [0.2, 0.25) is 0 Å². The number of hydrogen-bond acceptors (Lipinski definition) is 4. The fourth-order valence-corrected chi connectivity index (χ4v) is 1.000. The van der Waals surface area contributed by atoms with Crippen molar-refractivity contribution in [3.8, 4) is 0 Å². The molecule has 0 aromatic heterocycles. The average Bonchev–Trinajstić information content (AvgIpc) is 2.10. The minimum atomic E-state index is -1.83. The number of ketones is 1. The lowest BCUT2D eigenvalue weighted by atomic mass is 9.91. The minimum absolute atomic E-state index is 0.00838. The number of carbonyl (C=O) groups is 2. The van der Waals surface area contributed by atoms with E-state index < -0.39 is 17.3 Å². The van der Waals surface area contributed by atoms with Crippen LogP contribution in [0.1, 0.15) is 19.8 Å². The van der Waals surface area contributed by atoms with Gasteiger partial charge in [0.15, 0.2) is 17.3 Å². The molecule has 7 heteroatoms. The topological polar surface area (TPSA) is 145 Å². The van der Waals surface area contributed by atoms with Gasteiger partial charge in [0.1, 0.15) is 0 Å². The van der Waals surface area contributed by atoms with Crippen molar-refractivity contribution < 1.29 is 14.7 Å². The van der Waals surface area contributed by atoms with Gasteiger partial charge in [-0.15, -0.1) is 0 Å². The Hall–Kier alpha value is -1.63. The van der Waals surface area contributed by atoms with Crippen LogP contribution in [-0.2, 0) is 9.59 Å². The largest absolute Gasteiger partial charge is 0.480 e. The van der Waals surface area contributed by atoms with Crippen molar-refractivity contribution in [3.63, 3.8) is 0 Å². The van der Waals surface area contributed by atoms with Crippen LogP contribution in [-0.4, -0.2) is 34.9 Å². The fourth-order valence-electron chi connectivity index (χ4n) is 1.000. The van der Waals surface area contributed by atoms with Crippen molar-refractivity contribution in [2.45, 2.75) is 25.3 Å². The number of rotatable bonds is 6. The Morgan fingerprint density at radius 2 is 1.93 bits per heavy atom. The molecule has 1 atom stereocenters. The molecule has 0 aromatic rings. The van der Waals surface area contributed by atoms with E-state index in [4.69, 9.17) is 22.3 Å². The summed E-state index contributed by atoms with van der Waals surface area (Å²) in [5.74, 6) is -1.99. The van der Waals surface area contributed by atoms with Crippen LogP contribution in [0.4, 0.5) is 0 Å². The maximum absolute atomic E-state index is 11.0. The molecule has 0 spiro atoms. The van der Waals surface area contributed by atoms with Gasteiger partial charge in [0.25, 0.3) is 0 Å². The van der Waals surface area contributed by atoms with E-state index >= 15 is 0 Å².